The van der Waals surface area contributed by atoms with Gasteiger partial charge in [-0.15, -0.1) is 0 Å². The van der Waals surface area contributed by atoms with Crippen LogP contribution in [0, 0.1) is 5.41 Å². The first-order chi connectivity index (χ1) is 15.2. The number of rotatable bonds is 3. The molecule has 3 aliphatic heterocycles. The molecule has 3 heterocycles. The van der Waals surface area contributed by atoms with E-state index in [0.29, 0.717) is 6.10 Å². The molecule has 1 aromatic carbocycles. The van der Waals surface area contributed by atoms with Gasteiger partial charge in [-0.1, -0.05) is 18.2 Å². The highest BCUT2D eigenvalue weighted by Gasteiger charge is 2.43. The first-order valence-corrected chi connectivity index (χ1v) is 10.7. The van der Waals surface area contributed by atoms with Crippen molar-refractivity contribution in [3.8, 4) is 0 Å². The number of piperidine rings is 1. The summed E-state index contributed by atoms with van der Waals surface area (Å²) in [7, 11) is 0. The number of ether oxygens (including phenoxy) is 2. The van der Waals surface area contributed by atoms with E-state index in [1.165, 1.54) is 0 Å². The normalized spacial score (nSPS) is 23.5. The second-order valence-corrected chi connectivity index (χ2v) is 8.51. The highest BCUT2D eigenvalue weighted by molar-refractivity contribution is 5.94. The molecule has 1 aromatic rings. The van der Waals surface area contributed by atoms with Gasteiger partial charge in [-0.25, -0.2) is 4.79 Å². The number of alkyl halides is 3. The lowest BCUT2D eigenvalue weighted by atomic mass is 9.76. The van der Waals surface area contributed by atoms with Crippen LogP contribution in [0.4, 0.5) is 13.2 Å². The molecule has 1 unspecified atom stereocenters. The van der Waals surface area contributed by atoms with Crippen LogP contribution in [0.2, 0.25) is 0 Å². The summed E-state index contributed by atoms with van der Waals surface area (Å²) in [6.07, 6.45) is -1.48. The molecular weight excluding hydrogens is 429 g/mol. The standard InChI is InChI=1S/C20H28N2O3.C2HF3O2/c23-19(17-4-2-1-3-5-17)22-8-6-20(7-9-22)14-18(25-16-20)15-21-10-12-24-13-11-21;3-2(4,5)1(6)7/h1-5,18H,6-16H2;(H,6,7). The third-order valence-electron chi connectivity index (χ3n) is 6.23. The Balaban J connectivity index is 0.000000360. The lowest BCUT2D eigenvalue weighted by molar-refractivity contribution is -0.192. The van der Waals surface area contributed by atoms with E-state index < -0.39 is 12.1 Å². The van der Waals surface area contributed by atoms with E-state index in [1.807, 2.05) is 35.2 Å². The molecule has 1 N–H and O–H groups in total. The van der Waals surface area contributed by atoms with Crippen LogP contribution in [0.25, 0.3) is 0 Å². The Hall–Kier alpha value is -2.17. The number of halogens is 3. The van der Waals surface area contributed by atoms with Crippen LogP contribution >= 0.6 is 0 Å². The second kappa shape index (κ2) is 10.6. The largest absolute Gasteiger partial charge is 0.490 e. The highest BCUT2D eigenvalue weighted by atomic mass is 19.4. The summed E-state index contributed by atoms with van der Waals surface area (Å²) in [4.78, 5) is 26.0. The number of amides is 1. The molecule has 0 bridgehead atoms. The number of carbonyl (C=O) groups excluding carboxylic acids is 1. The average molecular weight is 458 g/mol. The molecule has 1 amide bonds. The van der Waals surface area contributed by atoms with Crippen molar-refractivity contribution < 1.29 is 37.3 Å². The third-order valence-corrected chi connectivity index (χ3v) is 6.23. The predicted octanol–water partition coefficient (Wildman–Crippen LogP) is 2.66. The Morgan fingerprint density at radius 3 is 2.22 bits per heavy atom. The lowest BCUT2D eigenvalue weighted by Crippen LogP contribution is -2.44. The first kappa shape index (κ1) is 24.5. The summed E-state index contributed by atoms with van der Waals surface area (Å²) in [6, 6.07) is 9.62. The summed E-state index contributed by atoms with van der Waals surface area (Å²) < 4.78 is 43.3. The fraction of sp³-hybridized carbons (Fsp3) is 0.636. The molecule has 3 fully saturated rings. The number of carbonyl (C=O) groups is 2. The van der Waals surface area contributed by atoms with Crippen LogP contribution in [0.1, 0.15) is 29.6 Å². The Morgan fingerprint density at radius 2 is 1.66 bits per heavy atom. The smallest absolute Gasteiger partial charge is 0.475 e. The minimum Gasteiger partial charge on any atom is -0.475 e. The summed E-state index contributed by atoms with van der Waals surface area (Å²) in [6.45, 7) is 7.30. The quantitative estimate of drug-likeness (QED) is 0.751. The van der Waals surface area contributed by atoms with Crippen LogP contribution in [-0.4, -0.2) is 91.6 Å². The third kappa shape index (κ3) is 6.66. The second-order valence-electron chi connectivity index (χ2n) is 8.51. The molecule has 0 radical (unpaired) electrons. The first-order valence-electron chi connectivity index (χ1n) is 10.7. The van der Waals surface area contributed by atoms with Gasteiger partial charge in [0, 0.05) is 38.3 Å². The Labute approximate surface area is 185 Å². The van der Waals surface area contributed by atoms with Crippen molar-refractivity contribution in [3.05, 3.63) is 35.9 Å². The SMILES string of the molecule is O=C(O)C(F)(F)F.O=C(c1ccccc1)N1CCC2(CC1)COC(CN1CCOCC1)C2. The number of hydrogen-bond acceptors (Lipinski definition) is 5. The van der Waals surface area contributed by atoms with E-state index in [0.717, 1.165) is 77.4 Å². The van der Waals surface area contributed by atoms with Gasteiger partial charge in [0.2, 0.25) is 0 Å². The van der Waals surface area contributed by atoms with E-state index in [9.17, 15) is 18.0 Å². The maximum Gasteiger partial charge on any atom is 0.490 e. The van der Waals surface area contributed by atoms with Crippen LogP contribution in [0.15, 0.2) is 30.3 Å². The van der Waals surface area contributed by atoms with Gasteiger partial charge in [-0.2, -0.15) is 13.2 Å². The molecule has 10 heteroatoms. The molecule has 0 aliphatic carbocycles. The zero-order valence-electron chi connectivity index (χ0n) is 17.9. The lowest BCUT2D eigenvalue weighted by Gasteiger charge is -2.38. The Morgan fingerprint density at radius 1 is 1.06 bits per heavy atom. The van der Waals surface area contributed by atoms with Gasteiger partial charge in [-0.3, -0.25) is 9.69 Å². The fourth-order valence-corrected chi connectivity index (χ4v) is 4.38. The van der Waals surface area contributed by atoms with E-state index in [-0.39, 0.29) is 11.3 Å². The number of carboxylic acid groups (broad SMARTS) is 1. The summed E-state index contributed by atoms with van der Waals surface area (Å²) >= 11 is 0. The molecule has 3 aliphatic rings. The molecule has 0 saturated carbocycles. The average Bonchev–Trinajstić information content (AvgIpc) is 3.16. The Bertz CT molecular complexity index is 761. The maximum atomic E-state index is 12.6. The van der Waals surface area contributed by atoms with Crippen LogP contribution < -0.4 is 0 Å². The number of morpholine rings is 1. The van der Waals surface area contributed by atoms with Crippen molar-refractivity contribution in [2.24, 2.45) is 5.41 Å². The highest BCUT2D eigenvalue weighted by Crippen LogP contribution is 2.42. The van der Waals surface area contributed by atoms with Gasteiger partial charge >= 0.3 is 12.1 Å². The number of benzene rings is 1. The molecule has 0 aromatic heterocycles. The van der Waals surface area contributed by atoms with Crippen LogP contribution in [0.3, 0.4) is 0 Å². The zero-order valence-corrected chi connectivity index (χ0v) is 17.9. The minimum atomic E-state index is -5.08. The van der Waals surface area contributed by atoms with E-state index >= 15 is 0 Å². The monoisotopic (exact) mass is 458 g/mol. The molecule has 7 nitrogen and oxygen atoms in total. The van der Waals surface area contributed by atoms with Crippen molar-refractivity contribution >= 4 is 11.9 Å². The van der Waals surface area contributed by atoms with E-state index in [2.05, 4.69) is 4.90 Å². The van der Waals surface area contributed by atoms with Crippen LogP contribution in [0.5, 0.6) is 0 Å². The van der Waals surface area contributed by atoms with E-state index in [1.54, 1.807) is 0 Å². The maximum absolute atomic E-state index is 12.6. The summed E-state index contributed by atoms with van der Waals surface area (Å²) in [5, 5.41) is 7.12. The van der Waals surface area contributed by atoms with Gasteiger partial charge in [0.1, 0.15) is 0 Å². The minimum absolute atomic E-state index is 0.166. The van der Waals surface area contributed by atoms with Crippen molar-refractivity contribution in [2.75, 3.05) is 52.5 Å². The molecule has 3 saturated heterocycles. The number of carboxylic acids is 1. The molecule has 4 rings (SSSR count). The van der Waals surface area contributed by atoms with E-state index in [4.69, 9.17) is 19.4 Å². The van der Waals surface area contributed by atoms with Crippen molar-refractivity contribution in [3.63, 3.8) is 0 Å². The van der Waals surface area contributed by atoms with Gasteiger partial charge < -0.3 is 19.5 Å². The fourth-order valence-electron chi connectivity index (χ4n) is 4.38. The van der Waals surface area contributed by atoms with Gasteiger partial charge in [0.05, 0.1) is 25.9 Å². The number of nitrogens with zero attached hydrogens (tertiary/aromatic N) is 2. The molecule has 32 heavy (non-hydrogen) atoms. The van der Waals surface area contributed by atoms with Crippen molar-refractivity contribution in [2.45, 2.75) is 31.5 Å². The molecule has 1 atom stereocenters. The van der Waals surface area contributed by atoms with Gasteiger partial charge in [-0.05, 0) is 36.8 Å². The number of hydrogen-bond donors (Lipinski definition) is 1. The molecular formula is C22H29F3N2O5. The summed E-state index contributed by atoms with van der Waals surface area (Å²) in [5.41, 5.74) is 1.08. The predicted molar refractivity (Wildman–Crippen MR) is 109 cm³/mol. The molecule has 1 spiro atoms. The van der Waals surface area contributed by atoms with Crippen LogP contribution in [-0.2, 0) is 14.3 Å². The molecule has 178 valence electrons. The summed E-state index contributed by atoms with van der Waals surface area (Å²) in [5.74, 6) is -2.59. The van der Waals surface area contributed by atoms with Crippen molar-refractivity contribution in [1.29, 1.82) is 0 Å². The topological polar surface area (TPSA) is 79.3 Å². The Kier molecular flexibility index (Phi) is 8.13. The van der Waals surface area contributed by atoms with Gasteiger partial charge in [0.25, 0.3) is 5.91 Å². The number of likely N-dealkylation sites (tertiary alicyclic amines) is 1. The number of aliphatic carboxylic acids is 1. The zero-order chi connectivity index (χ0) is 23.2. The van der Waals surface area contributed by atoms with Crippen molar-refractivity contribution in [1.82, 2.24) is 9.80 Å². The van der Waals surface area contributed by atoms with Gasteiger partial charge in [0.15, 0.2) is 0 Å².